The van der Waals surface area contributed by atoms with Gasteiger partial charge in [-0.25, -0.2) is 0 Å². The molecule has 0 radical (unpaired) electrons. The lowest BCUT2D eigenvalue weighted by molar-refractivity contribution is 0.0996. The third-order valence-electron chi connectivity index (χ3n) is 6.17. The summed E-state index contributed by atoms with van der Waals surface area (Å²) in [5, 5.41) is 0. The van der Waals surface area contributed by atoms with Crippen molar-refractivity contribution in [2.24, 2.45) is 0 Å². The molecule has 5 heteroatoms. The summed E-state index contributed by atoms with van der Waals surface area (Å²) in [6, 6.07) is 17.7. The molecule has 2 aliphatic rings. The number of likely N-dealkylation sites (tertiary alicyclic amines) is 1. The molecule has 4 rings (SSSR count). The minimum Gasteiger partial charge on any atom is -0.495 e. The van der Waals surface area contributed by atoms with Gasteiger partial charge < -0.3 is 9.64 Å². The maximum atomic E-state index is 5.55. The maximum absolute atomic E-state index is 5.55. The van der Waals surface area contributed by atoms with E-state index >= 15 is 0 Å². The fourth-order valence-electron chi connectivity index (χ4n) is 4.53. The summed E-state index contributed by atoms with van der Waals surface area (Å²) in [5.41, 5.74) is 2.62. The average Bonchev–Trinajstić information content (AvgIpc) is 2.76. The topological polar surface area (TPSA) is 19.0 Å². The Morgan fingerprint density at radius 3 is 2.29 bits per heavy atom. The van der Waals surface area contributed by atoms with Gasteiger partial charge in [-0.2, -0.15) is 0 Å². The second-order valence-corrected chi connectivity index (χ2v) is 8.65. The van der Waals surface area contributed by atoms with Crippen molar-refractivity contribution in [1.82, 2.24) is 9.80 Å². The Balaban J connectivity index is 1.27. The van der Waals surface area contributed by atoms with Gasteiger partial charge in [-0.15, -0.1) is 0 Å². The van der Waals surface area contributed by atoms with Crippen molar-refractivity contribution < 1.29 is 4.74 Å². The van der Waals surface area contributed by atoms with Crippen LogP contribution in [0.2, 0.25) is 0 Å². The SMILES string of the molecule is COc1ccccc1N1CCN(C2CCN(Cc3ccccc3Br)CC2)CC1. The van der Waals surface area contributed by atoms with Crippen LogP contribution in [0.3, 0.4) is 0 Å². The first kappa shape index (κ1) is 19.7. The van der Waals surface area contributed by atoms with E-state index in [4.69, 9.17) is 4.74 Å². The molecule has 0 aliphatic carbocycles. The highest BCUT2D eigenvalue weighted by Crippen LogP contribution is 2.29. The van der Waals surface area contributed by atoms with E-state index in [0.717, 1.165) is 44.5 Å². The molecule has 0 unspecified atom stereocenters. The van der Waals surface area contributed by atoms with Crippen LogP contribution >= 0.6 is 15.9 Å². The number of anilines is 1. The molecule has 4 nitrogen and oxygen atoms in total. The molecule has 0 atom stereocenters. The Labute approximate surface area is 177 Å². The van der Waals surface area contributed by atoms with E-state index in [1.165, 1.54) is 41.7 Å². The molecule has 0 amide bonds. The monoisotopic (exact) mass is 443 g/mol. The van der Waals surface area contributed by atoms with E-state index in [1.807, 2.05) is 6.07 Å². The van der Waals surface area contributed by atoms with Crippen molar-refractivity contribution in [2.75, 3.05) is 51.3 Å². The van der Waals surface area contributed by atoms with E-state index < -0.39 is 0 Å². The van der Waals surface area contributed by atoms with E-state index in [2.05, 4.69) is 73.1 Å². The molecule has 2 aromatic carbocycles. The largest absolute Gasteiger partial charge is 0.495 e. The minimum atomic E-state index is 0.732. The van der Waals surface area contributed by atoms with Crippen molar-refractivity contribution in [3.8, 4) is 5.75 Å². The second-order valence-electron chi connectivity index (χ2n) is 7.79. The number of hydrogen-bond donors (Lipinski definition) is 0. The van der Waals surface area contributed by atoms with E-state index in [9.17, 15) is 0 Å². The fraction of sp³-hybridized carbons (Fsp3) is 0.478. The number of hydrogen-bond acceptors (Lipinski definition) is 4. The van der Waals surface area contributed by atoms with Crippen LogP contribution in [0.1, 0.15) is 18.4 Å². The predicted molar refractivity (Wildman–Crippen MR) is 119 cm³/mol. The van der Waals surface area contributed by atoms with Gasteiger partial charge in [-0.05, 0) is 49.7 Å². The summed E-state index contributed by atoms with van der Waals surface area (Å²) in [6.45, 7) is 7.89. The number of piperidine rings is 1. The molecular formula is C23H30BrN3O. The number of nitrogens with zero attached hydrogens (tertiary/aromatic N) is 3. The smallest absolute Gasteiger partial charge is 0.142 e. The Hall–Kier alpha value is -1.56. The number of halogens is 1. The van der Waals surface area contributed by atoms with Crippen LogP contribution in [0.5, 0.6) is 5.75 Å². The summed E-state index contributed by atoms with van der Waals surface area (Å²) < 4.78 is 6.77. The Morgan fingerprint density at radius 2 is 1.57 bits per heavy atom. The van der Waals surface area contributed by atoms with E-state index in [0.29, 0.717) is 0 Å². The lowest BCUT2D eigenvalue weighted by Crippen LogP contribution is -2.53. The number of ether oxygens (including phenoxy) is 1. The van der Waals surface area contributed by atoms with Crippen molar-refractivity contribution in [3.05, 3.63) is 58.6 Å². The van der Waals surface area contributed by atoms with Crippen LogP contribution in [-0.4, -0.2) is 62.2 Å². The van der Waals surface area contributed by atoms with E-state index in [-0.39, 0.29) is 0 Å². The van der Waals surface area contributed by atoms with Crippen LogP contribution in [0.4, 0.5) is 5.69 Å². The summed E-state index contributed by atoms with van der Waals surface area (Å²) in [6.07, 6.45) is 2.55. The van der Waals surface area contributed by atoms with Gasteiger partial charge in [0.15, 0.2) is 0 Å². The summed E-state index contributed by atoms with van der Waals surface area (Å²) in [4.78, 5) is 7.78. The number of methoxy groups -OCH3 is 1. The van der Waals surface area contributed by atoms with Crippen LogP contribution < -0.4 is 9.64 Å². The fourth-order valence-corrected chi connectivity index (χ4v) is 4.94. The first-order chi connectivity index (χ1) is 13.7. The molecule has 2 fully saturated rings. The van der Waals surface area contributed by atoms with Gasteiger partial charge >= 0.3 is 0 Å². The van der Waals surface area contributed by atoms with Gasteiger partial charge in [0.05, 0.1) is 12.8 Å². The normalized spacial score (nSPS) is 19.7. The zero-order valence-corrected chi connectivity index (χ0v) is 18.3. The molecule has 2 aliphatic heterocycles. The quantitative estimate of drug-likeness (QED) is 0.687. The third-order valence-corrected chi connectivity index (χ3v) is 6.94. The van der Waals surface area contributed by atoms with Crippen LogP contribution in [0.25, 0.3) is 0 Å². The summed E-state index contributed by atoms with van der Waals surface area (Å²) in [5.74, 6) is 0.983. The van der Waals surface area contributed by atoms with Crippen molar-refractivity contribution >= 4 is 21.6 Å². The molecule has 150 valence electrons. The summed E-state index contributed by atoms with van der Waals surface area (Å²) >= 11 is 3.68. The van der Waals surface area contributed by atoms with Crippen LogP contribution in [0, 0.1) is 0 Å². The van der Waals surface area contributed by atoms with Gasteiger partial charge in [0.2, 0.25) is 0 Å². The lowest BCUT2D eigenvalue weighted by Gasteiger charge is -2.43. The van der Waals surface area contributed by atoms with E-state index in [1.54, 1.807) is 7.11 Å². The summed E-state index contributed by atoms with van der Waals surface area (Å²) in [7, 11) is 1.76. The number of benzene rings is 2. The Bertz CT molecular complexity index is 768. The zero-order chi connectivity index (χ0) is 19.3. The number of rotatable bonds is 5. The molecule has 2 aromatic rings. The molecular weight excluding hydrogens is 414 g/mol. The molecule has 28 heavy (non-hydrogen) atoms. The highest BCUT2D eigenvalue weighted by molar-refractivity contribution is 9.10. The average molecular weight is 444 g/mol. The molecule has 0 spiro atoms. The van der Waals surface area contributed by atoms with Gasteiger partial charge in [0, 0.05) is 43.2 Å². The van der Waals surface area contributed by atoms with Crippen molar-refractivity contribution in [3.63, 3.8) is 0 Å². The van der Waals surface area contributed by atoms with Gasteiger partial charge in [-0.1, -0.05) is 46.3 Å². The highest BCUT2D eigenvalue weighted by Gasteiger charge is 2.28. The van der Waals surface area contributed by atoms with Crippen LogP contribution in [0.15, 0.2) is 53.0 Å². The standard InChI is InChI=1S/C23H30BrN3O/c1-28-23-9-5-4-8-22(23)27-16-14-26(15-17-27)20-10-12-25(13-11-20)18-19-6-2-3-7-21(19)24/h2-9,20H,10-18H2,1H3. The van der Waals surface area contributed by atoms with Gasteiger partial charge in [0.1, 0.15) is 5.75 Å². The Kier molecular flexibility index (Phi) is 6.55. The third kappa shape index (κ3) is 4.53. The van der Waals surface area contributed by atoms with Gasteiger partial charge in [-0.3, -0.25) is 9.80 Å². The molecule has 2 saturated heterocycles. The first-order valence-corrected chi connectivity index (χ1v) is 11.1. The first-order valence-electron chi connectivity index (χ1n) is 10.3. The minimum absolute atomic E-state index is 0.732. The van der Waals surface area contributed by atoms with Gasteiger partial charge in [0.25, 0.3) is 0 Å². The molecule has 0 N–H and O–H groups in total. The molecule has 2 heterocycles. The zero-order valence-electron chi connectivity index (χ0n) is 16.7. The van der Waals surface area contributed by atoms with Crippen LogP contribution in [-0.2, 0) is 6.54 Å². The van der Waals surface area contributed by atoms with Crippen molar-refractivity contribution in [2.45, 2.75) is 25.4 Å². The number of para-hydroxylation sites is 2. The molecule has 0 saturated carbocycles. The predicted octanol–water partition coefficient (Wildman–Crippen LogP) is 4.24. The lowest BCUT2D eigenvalue weighted by atomic mass is 10.0. The molecule has 0 aromatic heterocycles. The Morgan fingerprint density at radius 1 is 0.893 bits per heavy atom. The highest BCUT2D eigenvalue weighted by atomic mass is 79.9. The van der Waals surface area contributed by atoms with Crippen molar-refractivity contribution in [1.29, 1.82) is 0 Å². The number of piperazine rings is 1. The maximum Gasteiger partial charge on any atom is 0.142 e. The second kappa shape index (κ2) is 9.29. The molecule has 0 bridgehead atoms.